The lowest BCUT2D eigenvalue weighted by atomic mass is 9.98. The van der Waals surface area contributed by atoms with Gasteiger partial charge in [0.05, 0.1) is 25.9 Å². The van der Waals surface area contributed by atoms with Gasteiger partial charge in [-0.3, -0.25) is 19.2 Å². The second-order valence-corrected chi connectivity index (χ2v) is 8.42. The summed E-state index contributed by atoms with van der Waals surface area (Å²) >= 11 is 0. The number of morpholine rings is 1. The maximum atomic E-state index is 12.3. The molecule has 168 valence electrons. The van der Waals surface area contributed by atoms with Crippen molar-refractivity contribution in [2.45, 2.75) is 51.5 Å². The molecule has 2 fully saturated rings. The van der Waals surface area contributed by atoms with Crippen LogP contribution in [0, 0.1) is 5.92 Å². The first-order valence-electron chi connectivity index (χ1n) is 10.6. The van der Waals surface area contributed by atoms with Crippen molar-refractivity contribution in [2.24, 2.45) is 5.92 Å². The first kappa shape index (κ1) is 22.9. The lowest BCUT2D eigenvalue weighted by Crippen LogP contribution is -2.37. The van der Waals surface area contributed by atoms with Gasteiger partial charge in [0.1, 0.15) is 12.3 Å². The molecule has 0 saturated carbocycles. The number of aliphatic hydroxyl groups is 2. The highest BCUT2D eigenvalue weighted by molar-refractivity contribution is 5.08. The minimum absolute atomic E-state index is 0.190. The summed E-state index contributed by atoms with van der Waals surface area (Å²) in [6.07, 6.45) is 3.01. The predicted octanol–water partition coefficient (Wildman–Crippen LogP) is 0.0245. The van der Waals surface area contributed by atoms with Gasteiger partial charge >= 0.3 is 5.69 Å². The highest BCUT2D eigenvalue weighted by Crippen LogP contribution is 2.27. The predicted molar refractivity (Wildman–Crippen MR) is 111 cm³/mol. The van der Waals surface area contributed by atoms with Crippen molar-refractivity contribution in [1.29, 1.82) is 0 Å². The number of nitrogens with zero attached hydrogens (tertiary/aromatic N) is 2. The number of hydrogen-bond donors (Lipinski definition) is 3. The van der Waals surface area contributed by atoms with Crippen LogP contribution in [0.25, 0.3) is 0 Å². The molecule has 4 atom stereocenters. The molecule has 9 nitrogen and oxygen atoms in total. The number of H-pyrrole nitrogens is 1. The summed E-state index contributed by atoms with van der Waals surface area (Å²) in [7, 11) is 0. The topological polar surface area (TPSA) is 117 Å². The third-order valence-electron chi connectivity index (χ3n) is 5.75. The zero-order valence-corrected chi connectivity index (χ0v) is 17.7. The third-order valence-corrected chi connectivity index (χ3v) is 5.75. The van der Waals surface area contributed by atoms with Gasteiger partial charge in [-0.25, -0.2) is 4.79 Å². The molecule has 1 aromatic heterocycles. The molecule has 2 aliphatic heterocycles. The maximum Gasteiger partial charge on any atom is 0.330 e. The number of aromatic amines is 1. The number of aromatic nitrogens is 2. The number of rotatable bonds is 8. The summed E-state index contributed by atoms with van der Waals surface area (Å²) in [6, 6.07) is 0. The molecule has 3 rings (SSSR count). The van der Waals surface area contributed by atoms with Gasteiger partial charge in [-0.2, -0.15) is 0 Å². The molecule has 30 heavy (non-hydrogen) atoms. The number of hydrogen-bond acceptors (Lipinski definition) is 7. The van der Waals surface area contributed by atoms with E-state index in [0.29, 0.717) is 12.0 Å². The van der Waals surface area contributed by atoms with Gasteiger partial charge < -0.3 is 19.7 Å². The molecule has 1 aromatic rings. The van der Waals surface area contributed by atoms with Crippen LogP contribution in [0.15, 0.2) is 27.4 Å². The minimum Gasteiger partial charge on any atom is -0.394 e. The average molecular weight is 424 g/mol. The van der Waals surface area contributed by atoms with E-state index in [4.69, 9.17) is 9.47 Å². The highest BCUT2D eigenvalue weighted by atomic mass is 16.5. The first-order valence-corrected chi connectivity index (χ1v) is 10.6. The fraction of sp³-hybridized carbons (Fsp3) is 0.714. The molecule has 9 heteroatoms. The minimum atomic E-state index is -0.846. The van der Waals surface area contributed by atoms with Crippen molar-refractivity contribution >= 4 is 0 Å². The standard InChI is InChI=1S/C21H33N3O6/c1-14(3-4-15(2)11-23-5-7-29-8-6-23)9-16-12-24(21(28)22-20(16)27)19-10-17(26)18(13-25)30-19/h4,12,14,17-19,25-26H,3,5-11,13H2,1-2H3,(H,22,27,28)/b15-4+/t14?,17-,18+,19+/m0/s1. The maximum absolute atomic E-state index is 12.3. The molecular weight excluding hydrogens is 390 g/mol. The zero-order valence-electron chi connectivity index (χ0n) is 17.7. The summed E-state index contributed by atoms with van der Waals surface area (Å²) < 4.78 is 12.2. The average Bonchev–Trinajstić information content (AvgIpc) is 3.09. The molecule has 3 N–H and O–H groups in total. The largest absolute Gasteiger partial charge is 0.394 e. The molecule has 0 aliphatic carbocycles. The molecule has 2 aliphatic rings. The Morgan fingerprint density at radius 2 is 2.10 bits per heavy atom. The van der Waals surface area contributed by atoms with Crippen molar-refractivity contribution in [3.05, 3.63) is 44.2 Å². The van der Waals surface area contributed by atoms with Gasteiger partial charge in [0.2, 0.25) is 0 Å². The fourth-order valence-corrected chi connectivity index (χ4v) is 3.97. The first-order chi connectivity index (χ1) is 14.4. The fourth-order valence-electron chi connectivity index (χ4n) is 3.97. The summed E-state index contributed by atoms with van der Waals surface area (Å²) in [5.41, 5.74) is 0.834. The van der Waals surface area contributed by atoms with E-state index in [-0.39, 0.29) is 18.9 Å². The normalized spacial score (nSPS) is 26.8. The Morgan fingerprint density at radius 1 is 1.37 bits per heavy atom. The Balaban J connectivity index is 1.62. The molecule has 0 aromatic carbocycles. The van der Waals surface area contributed by atoms with E-state index in [9.17, 15) is 19.8 Å². The van der Waals surface area contributed by atoms with Crippen LogP contribution < -0.4 is 11.2 Å². The molecule has 1 unspecified atom stereocenters. The van der Waals surface area contributed by atoms with E-state index in [1.165, 1.54) is 16.3 Å². The summed E-state index contributed by atoms with van der Waals surface area (Å²) in [6.45, 7) is 8.26. The lowest BCUT2D eigenvalue weighted by Gasteiger charge is -2.26. The van der Waals surface area contributed by atoms with E-state index in [0.717, 1.165) is 39.3 Å². The van der Waals surface area contributed by atoms with E-state index < -0.39 is 29.7 Å². The van der Waals surface area contributed by atoms with Crippen LogP contribution in [0.5, 0.6) is 0 Å². The van der Waals surface area contributed by atoms with Crippen molar-refractivity contribution in [3.8, 4) is 0 Å². The van der Waals surface area contributed by atoms with Gasteiger partial charge in [-0.15, -0.1) is 0 Å². The molecule has 0 amide bonds. The van der Waals surface area contributed by atoms with E-state index in [2.05, 4.69) is 29.8 Å². The molecule has 0 spiro atoms. The zero-order chi connectivity index (χ0) is 21.7. The van der Waals surface area contributed by atoms with Gasteiger partial charge in [0.15, 0.2) is 0 Å². The van der Waals surface area contributed by atoms with Crippen LogP contribution in [0.3, 0.4) is 0 Å². The summed E-state index contributed by atoms with van der Waals surface area (Å²) in [5.74, 6) is 0.219. The van der Waals surface area contributed by atoms with Crippen LogP contribution in [-0.4, -0.2) is 76.3 Å². The van der Waals surface area contributed by atoms with Crippen molar-refractivity contribution < 1.29 is 19.7 Å². The summed E-state index contributed by atoms with van der Waals surface area (Å²) in [5, 5.41) is 19.2. The van der Waals surface area contributed by atoms with Crippen LogP contribution in [0.2, 0.25) is 0 Å². The van der Waals surface area contributed by atoms with Crippen molar-refractivity contribution in [2.75, 3.05) is 39.5 Å². The smallest absolute Gasteiger partial charge is 0.330 e. The van der Waals surface area contributed by atoms with Crippen LogP contribution >= 0.6 is 0 Å². The van der Waals surface area contributed by atoms with Gasteiger partial charge in [-0.05, 0) is 25.7 Å². The van der Waals surface area contributed by atoms with E-state index in [1.807, 2.05) is 0 Å². The van der Waals surface area contributed by atoms with E-state index in [1.54, 1.807) is 0 Å². The highest BCUT2D eigenvalue weighted by Gasteiger charge is 2.35. The van der Waals surface area contributed by atoms with Gasteiger partial charge in [-0.1, -0.05) is 18.6 Å². The molecule has 2 saturated heterocycles. The Labute approximate surface area is 175 Å². The second kappa shape index (κ2) is 10.5. The third kappa shape index (κ3) is 5.89. The summed E-state index contributed by atoms with van der Waals surface area (Å²) in [4.78, 5) is 29.2. The quantitative estimate of drug-likeness (QED) is 0.505. The van der Waals surface area contributed by atoms with Crippen molar-refractivity contribution in [1.82, 2.24) is 14.5 Å². The van der Waals surface area contributed by atoms with Gasteiger partial charge in [0, 0.05) is 37.8 Å². The van der Waals surface area contributed by atoms with Crippen molar-refractivity contribution in [3.63, 3.8) is 0 Å². The number of nitrogens with one attached hydrogen (secondary N) is 1. The number of ether oxygens (including phenoxy) is 2. The Kier molecular flexibility index (Phi) is 8.01. The molecule has 3 heterocycles. The monoisotopic (exact) mass is 423 g/mol. The van der Waals surface area contributed by atoms with Crippen LogP contribution in [0.4, 0.5) is 0 Å². The molecule has 0 radical (unpaired) electrons. The van der Waals surface area contributed by atoms with Gasteiger partial charge in [0.25, 0.3) is 5.56 Å². The SMILES string of the molecule is C/C(=C\CC(C)Cc1cn([C@H]2C[C@H](O)[C@@H](CO)O2)c(=O)[nH]c1=O)CN1CCOCC1. The molecule has 0 bridgehead atoms. The Bertz CT molecular complexity index is 842. The molecular formula is C21H33N3O6. The second-order valence-electron chi connectivity index (χ2n) is 8.42. The van der Waals surface area contributed by atoms with Crippen LogP contribution in [-0.2, 0) is 15.9 Å². The Morgan fingerprint density at radius 3 is 2.77 bits per heavy atom. The number of aliphatic hydroxyl groups excluding tert-OH is 2. The van der Waals surface area contributed by atoms with E-state index >= 15 is 0 Å². The van der Waals surface area contributed by atoms with Crippen LogP contribution in [0.1, 0.15) is 38.5 Å². The number of allylic oxidation sites excluding steroid dienone is 1. The lowest BCUT2D eigenvalue weighted by molar-refractivity contribution is -0.0460. The Hall–Kier alpha value is -1.78.